The second kappa shape index (κ2) is 3.24. The number of hydrogen-bond donors (Lipinski definition) is 1. The minimum atomic E-state index is -0.223. The molecule has 76 valence electrons. The van der Waals surface area contributed by atoms with Crippen LogP contribution in [0.2, 0.25) is 0 Å². The molecule has 0 bridgehead atoms. The van der Waals surface area contributed by atoms with E-state index in [0.717, 1.165) is 5.13 Å². The largest absolute Gasteiger partial charge is 0.457 e. The molecule has 14 heavy (non-hydrogen) atoms. The third-order valence-electron chi connectivity index (χ3n) is 2.32. The van der Waals surface area contributed by atoms with E-state index in [1.54, 1.807) is 6.20 Å². The lowest BCUT2D eigenvalue weighted by Crippen LogP contribution is -2.32. The van der Waals surface area contributed by atoms with Crippen LogP contribution in [-0.2, 0) is 4.74 Å². The summed E-state index contributed by atoms with van der Waals surface area (Å²) in [5.41, 5.74) is -0.223. The van der Waals surface area contributed by atoms with Crippen LogP contribution in [0, 0.1) is 0 Å². The van der Waals surface area contributed by atoms with Crippen molar-refractivity contribution < 1.29 is 4.74 Å². The van der Waals surface area contributed by atoms with E-state index in [0.29, 0.717) is 6.02 Å². The summed E-state index contributed by atoms with van der Waals surface area (Å²) in [4.78, 5) is 8.47. The molecule has 0 amide bonds. The van der Waals surface area contributed by atoms with E-state index in [1.807, 2.05) is 26.2 Å². The topological polar surface area (TPSA) is 46.5 Å². The van der Waals surface area contributed by atoms with Crippen molar-refractivity contribution in [1.82, 2.24) is 4.98 Å². The van der Waals surface area contributed by atoms with Gasteiger partial charge < -0.3 is 4.74 Å². The summed E-state index contributed by atoms with van der Waals surface area (Å²) in [5.74, 6) is 0. The lowest BCUT2D eigenvalue weighted by molar-refractivity contribution is 0.102. The van der Waals surface area contributed by atoms with Crippen molar-refractivity contribution >= 4 is 22.5 Å². The number of aliphatic imine (C=N–C) groups is 1. The van der Waals surface area contributed by atoms with E-state index >= 15 is 0 Å². The van der Waals surface area contributed by atoms with Gasteiger partial charge in [0.15, 0.2) is 5.13 Å². The molecule has 2 rings (SSSR count). The van der Waals surface area contributed by atoms with Crippen molar-refractivity contribution in [2.45, 2.75) is 32.4 Å². The summed E-state index contributed by atoms with van der Waals surface area (Å²) in [5, 5.41) is 5.76. The number of anilines is 1. The van der Waals surface area contributed by atoms with E-state index in [-0.39, 0.29) is 11.6 Å². The van der Waals surface area contributed by atoms with Crippen molar-refractivity contribution in [3.8, 4) is 0 Å². The molecule has 0 aliphatic carbocycles. The molecule has 0 fully saturated rings. The molecule has 0 spiro atoms. The van der Waals surface area contributed by atoms with E-state index in [4.69, 9.17) is 4.74 Å². The summed E-state index contributed by atoms with van der Waals surface area (Å²) in [7, 11) is 0. The predicted octanol–water partition coefficient (Wildman–Crippen LogP) is 2.11. The van der Waals surface area contributed by atoms with Crippen LogP contribution >= 0.6 is 11.3 Å². The minimum absolute atomic E-state index is 0.171. The van der Waals surface area contributed by atoms with Crippen molar-refractivity contribution in [2.75, 3.05) is 5.32 Å². The highest BCUT2D eigenvalue weighted by Gasteiger charge is 2.35. The van der Waals surface area contributed by atoms with E-state index in [1.165, 1.54) is 11.3 Å². The number of ether oxygens (including phenoxy) is 1. The first-order chi connectivity index (χ1) is 6.58. The summed E-state index contributed by atoms with van der Waals surface area (Å²) < 4.78 is 5.64. The van der Waals surface area contributed by atoms with Crippen LogP contribution in [0.1, 0.15) is 20.8 Å². The van der Waals surface area contributed by atoms with Gasteiger partial charge >= 0.3 is 0 Å². The van der Waals surface area contributed by atoms with Crippen LogP contribution < -0.4 is 5.32 Å². The maximum absolute atomic E-state index is 5.64. The van der Waals surface area contributed by atoms with Crippen molar-refractivity contribution in [1.29, 1.82) is 0 Å². The molecule has 1 atom stereocenters. The van der Waals surface area contributed by atoms with Crippen LogP contribution in [0.15, 0.2) is 16.6 Å². The molecule has 0 radical (unpaired) electrons. The predicted molar refractivity (Wildman–Crippen MR) is 57.8 cm³/mol. The highest BCUT2D eigenvalue weighted by atomic mass is 32.1. The van der Waals surface area contributed by atoms with Crippen LogP contribution in [-0.4, -0.2) is 22.6 Å². The standard InChI is InChI=1S/C9H13N3OS/c1-6-9(2,3)13-7(11-6)12-8-10-4-5-14-8/h4-6H,1-3H3,(H,10,11,12). The maximum atomic E-state index is 5.64. The molecule has 0 saturated carbocycles. The average Bonchev–Trinajstić information content (AvgIpc) is 2.62. The van der Waals surface area contributed by atoms with Gasteiger partial charge in [-0.2, -0.15) is 0 Å². The highest BCUT2D eigenvalue weighted by Crippen LogP contribution is 2.25. The zero-order chi connectivity index (χ0) is 10.2. The Labute approximate surface area is 87.0 Å². The van der Waals surface area contributed by atoms with Crippen LogP contribution in [0.25, 0.3) is 0 Å². The van der Waals surface area contributed by atoms with Gasteiger partial charge in [-0.15, -0.1) is 11.3 Å². The summed E-state index contributed by atoms with van der Waals surface area (Å²) >= 11 is 1.53. The summed E-state index contributed by atoms with van der Waals surface area (Å²) in [6.45, 7) is 6.09. The molecule has 1 aromatic heterocycles. The van der Waals surface area contributed by atoms with E-state index < -0.39 is 0 Å². The minimum Gasteiger partial charge on any atom is -0.457 e. The fourth-order valence-corrected chi connectivity index (χ4v) is 1.65. The molecule has 0 aromatic carbocycles. The van der Waals surface area contributed by atoms with Crippen LogP contribution in [0.4, 0.5) is 5.13 Å². The first kappa shape index (κ1) is 9.45. The molecule has 0 saturated heterocycles. The molecule has 2 heterocycles. The number of amidine groups is 1. The van der Waals surface area contributed by atoms with Crippen molar-refractivity contribution in [3.05, 3.63) is 11.6 Å². The Hall–Kier alpha value is -1.10. The molecule has 1 aliphatic rings. The summed E-state index contributed by atoms with van der Waals surface area (Å²) in [6.07, 6.45) is 1.75. The van der Waals surface area contributed by atoms with E-state index in [9.17, 15) is 0 Å². The second-order valence-corrected chi connectivity index (χ2v) is 4.67. The van der Waals surface area contributed by atoms with Crippen molar-refractivity contribution in [3.63, 3.8) is 0 Å². The Morgan fingerprint density at radius 1 is 1.57 bits per heavy atom. The Bertz CT molecular complexity index is 345. The number of nitrogens with one attached hydrogen (secondary N) is 1. The van der Waals surface area contributed by atoms with Crippen LogP contribution in [0.3, 0.4) is 0 Å². The number of aromatic nitrogens is 1. The lowest BCUT2D eigenvalue weighted by atomic mass is 10.0. The Morgan fingerprint density at radius 2 is 2.36 bits per heavy atom. The molecular formula is C9H13N3OS. The smallest absolute Gasteiger partial charge is 0.292 e. The van der Waals surface area contributed by atoms with Gasteiger partial charge in [0.25, 0.3) is 6.02 Å². The van der Waals surface area contributed by atoms with E-state index in [2.05, 4.69) is 15.3 Å². The lowest BCUT2D eigenvalue weighted by Gasteiger charge is -2.21. The molecule has 4 nitrogen and oxygen atoms in total. The van der Waals surface area contributed by atoms with Gasteiger partial charge in [-0.25, -0.2) is 9.98 Å². The molecular weight excluding hydrogens is 198 g/mol. The second-order valence-electron chi connectivity index (χ2n) is 3.78. The molecule has 5 heteroatoms. The van der Waals surface area contributed by atoms with Gasteiger partial charge in [0.1, 0.15) is 5.60 Å². The quantitative estimate of drug-likeness (QED) is 0.773. The number of rotatable bonds is 1. The van der Waals surface area contributed by atoms with Gasteiger partial charge in [0, 0.05) is 11.6 Å². The Morgan fingerprint density at radius 3 is 2.86 bits per heavy atom. The average molecular weight is 211 g/mol. The van der Waals surface area contributed by atoms with Gasteiger partial charge in [0.2, 0.25) is 0 Å². The van der Waals surface area contributed by atoms with Gasteiger partial charge in [-0.1, -0.05) is 0 Å². The normalized spacial score (nSPS) is 24.2. The first-order valence-electron chi connectivity index (χ1n) is 4.51. The van der Waals surface area contributed by atoms with Gasteiger partial charge in [0.05, 0.1) is 6.04 Å². The van der Waals surface area contributed by atoms with Gasteiger partial charge in [-0.05, 0) is 20.8 Å². The number of hydrogen-bond acceptors (Lipinski definition) is 5. The molecule has 1 N–H and O–H groups in total. The van der Waals surface area contributed by atoms with Gasteiger partial charge in [-0.3, -0.25) is 5.32 Å². The number of nitrogens with zero attached hydrogens (tertiary/aromatic N) is 2. The molecule has 1 aliphatic heterocycles. The molecule has 1 aromatic rings. The maximum Gasteiger partial charge on any atom is 0.292 e. The van der Waals surface area contributed by atoms with Crippen molar-refractivity contribution in [2.24, 2.45) is 4.99 Å². The monoisotopic (exact) mass is 211 g/mol. The first-order valence-corrected chi connectivity index (χ1v) is 5.39. The Balaban J connectivity index is 2.05. The SMILES string of the molecule is CC1N=C(Nc2nccs2)OC1(C)C. The fraction of sp³-hybridized carbons (Fsp3) is 0.556. The zero-order valence-electron chi connectivity index (χ0n) is 8.44. The fourth-order valence-electron chi connectivity index (χ4n) is 1.13. The third kappa shape index (κ3) is 1.72. The molecule has 1 unspecified atom stereocenters. The highest BCUT2D eigenvalue weighted by molar-refractivity contribution is 7.13. The van der Waals surface area contributed by atoms with Crippen LogP contribution in [0.5, 0.6) is 0 Å². The zero-order valence-corrected chi connectivity index (χ0v) is 9.26. The summed E-state index contributed by atoms with van der Waals surface area (Å²) in [6, 6.07) is 0.738. The number of thiazole rings is 1. The third-order valence-corrected chi connectivity index (χ3v) is 3.01. The Kier molecular flexibility index (Phi) is 2.19.